The summed E-state index contributed by atoms with van der Waals surface area (Å²) in [4.78, 5) is 16.3. The summed E-state index contributed by atoms with van der Waals surface area (Å²) < 4.78 is 5.27. The minimum atomic E-state index is -0.236. The van der Waals surface area contributed by atoms with Gasteiger partial charge < -0.3 is 15.2 Å². The molecule has 2 N–H and O–H groups in total. The zero-order valence-electron chi connectivity index (χ0n) is 15.0. The number of aryl methyl sites for hydroxylation is 2. The average Bonchev–Trinajstić information content (AvgIpc) is 2.79. The van der Waals surface area contributed by atoms with Crippen LogP contribution in [0, 0.1) is 19.8 Å². The zero-order chi connectivity index (χ0) is 17.1. The van der Waals surface area contributed by atoms with Crippen LogP contribution in [0.15, 0.2) is 4.52 Å². The van der Waals surface area contributed by atoms with Crippen molar-refractivity contribution in [3.8, 4) is 0 Å². The van der Waals surface area contributed by atoms with E-state index in [9.17, 15) is 4.79 Å². The van der Waals surface area contributed by atoms with Crippen LogP contribution in [-0.2, 0) is 6.54 Å². The number of carbonyl (C=O) groups is 1. The number of primary amides is 1. The van der Waals surface area contributed by atoms with Gasteiger partial charge >= 0.3 is 6.03 Å². The second kappa shape index (κ2) is 7.55. The summed E-state index contributed by atoms with van der Waals surface area (Å²) in [5, 5.41) is 4.05. The first kappa shape index (κ1) is 17.3. The Hall–Kier alpha value is -1.56. The molecule has 0 aromatic carbocycles. The molecule has 1 unspecified atom stereocenters. The van der Waals surface area contributed by atoms with Crippen molar-refractivity contribution in [1.29, 1.82) is 0 Å². The summed E-state index contributed by atoms with van der Waals surface area (Å²) in [7, 11) is 0. The lowest BCUT2D eigenvalue weighted by molar-refractivity contribution is 0.101. The van der Waals surface area contributed by atoms with Crippen molar-refractivity contribution in [2.45, 2.75) is 65.0 Å². The van der Waals surface area contributed by atoms with E-state index in [0.717, 1.165) is 63.3 Å². The highest BCUT2D eigenvalue weighted by molar-refractivity contribution is 5.72. The molecule has 2 aliphatic rings. The van der Waals surface area contributed by atoms with Crippen LogP contribution in [0.1, 0.15) is 55.5 Å². The van der Waals surface area contributed by atoms with Crippen molar-refractivity contribution in [2.75, 3.05) is 19.6 Å². The van der Waals surface area contributed by atoms with Gasteiger partial charge in [-0.3, -0.25) is 4.90 Å². The number of amides is 2. The monoisotopic (exact) mass is 334 g/mol. The number of hydrogen-bond donors (Lipinski definition) is 1. The molecule has 24 heavy (non-hydrogen) atoms. The number of nitrogens with two attached hydrogens (primary N) is 1. The van der Waals surface area contributed by atoms with Crippen molar-refractivity contribution in [2.24, 2.45) is 11.7 Å². The lowest BCUT2D eigenvalue weighted by Crippen LogP contribution is -2.49. The molecule has 0 spiro atoms. The average molecular weight is 334 g/mol. The number of carbonyl (C=O) groups excluding carboxylic acids is 1. The number of nitrogens with zero attached hydrogens (tertiary/aromatic N) is 3. The van der Waals surface area contributed by atoms with Crippen LogP contribution in [0.4, 0.5) is 4.79 Å². The molecule has 134 valence electrons. The molecule has 6 nitrogen and oxygen atoms in total. The van der Waals surface area contributed by atoms with Gasteiger partial charge in [0.2, 0.25) is 0 Å². The molecule has 2 saturated heterocycles. The van der Waals surface area contributed by atoms with E-state index in [2.05, 4.69) is 10.1 Å². The maximum absolute atomic E-state index is 11.8. The van der Waals surface area contributed by atoms with Gasteiger partial charge in [0, 0.05) is 24.7 Å². The lowest BCUT2D eigenvalue weighted by atomic mass is 9.86. The molecule has 6 heteroatoms. The molecule has 3 heterocycles. The standard InChI is InChI=1S/C18H30N4O2/c1-13-16(14(2)24-20-13)12-21-10-7-15(8-11-21)17-6-4-3-5-9-22(17)18(19)23/h15,17H,3-12H2,1-2H3,(H2,19,23). The maximum Gasteiger partial charge on any atom is 0.315 e. The largest absolute Gasteiger partial charge is 0.361 e. The Morgan fingerprint density at radius 3 is 2.54 bits per heavy atom. The van der Waals surface area contributed by atoms with Crippen LogP contribution < -0.4 is 5.73 Å². The summed E-state index contributed by atoms with van der Waals surface area (Å²) in [6.45, 7) is 7.88. The van der Waals surface area contributed by atoms with E-state index in [-0.39, 0.29) is 6.03 Å². The van der Waals surface area contributed by atoms with E-state index in [4.69, 9.17) is 10.3 Å². The third-order valence-corrected chi connectivity index (χ3v) is 5.82. The molecule has 3 rings (SSSR count). The highest BCUT2D eigenvalue weighted by Crippen LogP contribution is 2.30. The van der Waals surface area contributed by atoms with Crippen LogP contribution in [0.3, 0.4) is 0 Å². The maximum atomic E-state index is 11.8. The van der Waals surface area contributed by atoms with Gasteiger partial charge in [0.1, 0.15) is 5.76 Å². The van der Waals surface area contributed by atoms with Crippen molar-refractivity contribution in [1.82, 2.24) is 15.0 Å². The van der Waals surface area contributed by atoms with E-state index < -0.39 is 0 Å². The van der Waals surface area contributed by atoms with E-state index in [1.165, 1.54) is 18.4 Å². The molecule has 2 fully saturated rings. The molecule has 1 aromatic heterocycles. The number of rotatable bonds is 3. The van der Waals surface area contributed by atoms with E-state index in [1.54, 1.807) is 0 Å². The van der Waals surface area contributed by atoms with Gasteiger partial charge in [0.25, 0.3) is 0 Å². The Labute approximate surface area is 144 Å². The second-order valence-electron chi connectivity index (χ2n) is 7.36. The molecule has 1 aromatic rings. The predicted molar refractivity (Wildman–Crippen MR) is 92.5 cm³/mol. The summed E-state index contributed by atoms with van der Waals surface area (Å²) >= 11 is 0. The summed E-state index contributed by atoms with van der Waals surface area (Å²) in [5.41, 5.74) is 7.87. The Bertz CT molecular complexity index is 544. The van der Waals surface area contributed by atoms with Crippen LogP contribution >= 0.6 is 0 Å². The summed E-state index contributed by atoms with van der Waals surface area (Å²) in [5.74, 6) is 1.51. The van der Waals surface area contributed by atoms with Crippen LogP contribution in [0.25, 0.3) is 0 Å². The normalized spacial score (nSPS) is 24.1. The Morgan fingerprint density at radius 1 is 1.17 bits per heavy atom. The number of aromatic nitrogens is 1. The van der Waals surface area contributed by atoms with Gasteiger partial charge in [-0.25, -0.2) is 4.79 Å². The molecule has 0 saturated carbocycles. The first-order valence-corrected chi connectivity index (χ1v) is 9.26. The molecule has 2 aliphatic heterocycles. The molecule has 0 radical (unpaired) electrons. The predicted octanol–water partition coefficient (Wildman–Crippen LogP) is 2.83. The van der Waals surface area contributed by atoms with E-state index in [0.29, 0.717) is 12.0 Å². The third kappa shape index (κ3) is 3.74. The van der Waals surface area contributed by atoms with Gasteiger partial charge in [-0.15, -0.1) is 0 Å². The molecular weight excluding hydrogens is 304 g/mol. The molecule has 1 atom stereocenters. The lowest BCUT2D eigenvalue weighted by Gasteiger charge is -2.40. The van der Waals surface area contributed by atoms with Crippen LogP contribution in [0.2, 0.25) is 0 Å². The van der Waals surface area contributed by atoms with Crippen molar-refractivity contribution >= 4 is 6.03 Å². The minimum absolute atomic E-state index is 0.236. The van der Waals surface area contributed by atoms with Crippen LogP contribution in [-0.4, -0.2) is 46.7 Å². The number of likely N-dealkylation sites (tertiary alicyclic amines) is 2. The summed E-state index contributed by atoms with van der Waals surface area (Å²) in [6, 6.07) is 0.103. The molecular formula is C18H30N4O2. The van der Waals surface area contributed by atoms with E-state index >= 15 is 0 Å². The first-order chi connectivity index (χ1) is 11.6. The van der Waals surface area contributed by atoms with Gasteiger partial charge in [0.05, 0.1) is 5.69 Å². The Kier molecular flexibility index (Phi) is 5.43. The second-order valence-corrected chi connectivity index (χ2v) is 7.36. The first-order valence-electron chi connectivity index (χ1n) is 9.26. The number of piperidine rings is 1. The fourth-order valence-corrected chi connectivity index (χ4v) is 4.34. The highest BCUT2D eigenvalue weighted by Gasteiger charge is 2.33. The molecule has 0 bridgehead atoms. The van der Waals surface area contributed by atoms with Gasteiger partial charge in [-0.1, -0.05) is 18.0 Å². The fraction of sp³-hybridized carbons (Fsp3) is 0.778. The quantitative estimate of drug-likeness (QED) is 0.922. The molecule has 2 amide bonds. The van der Waals surface area contributed by atoms with Crippen molar-refractivity contribution in [3.05, 3.63) is 17.0 Å². The highest BCUT2D eigenvalue weighted by atomic mass is 16.5. The van der Waals surface area contributed by atoms with E-state index in [1.807, 2.05) is 18.7 Å². The fourth-order valence-electron chi connectivity index (χ4n) is 4.34. The van der Waals surface area contributed by atoms with Crippen LogP contribution in [0.5, 0.6) is 0 Å². The third-order valence-electron chi connectivity index (χ3n) is 5.82. The van der Waals surface area contributed by atoms with Crippen molar-refractivity contribution in [3.63, 3.8) is 0 Å². The number of urea groups is 1. The zero-order valence-corrected chi connectivity index (χ0v) is 15.0. The van der Waals surface area contributed by atoms with Crippen molar-refractivity contribution < 1.29 is 9.32 Å². The Morgan fingerprint density at radius 2 is 1.92 bits per heavy atom. The summed E-state index contributed by atoms with van der Waals surface area (Å²) in [6.07, 6.45) is 6.90. The Balaban J connectivity index is 1.58. The smallest absolute Gasteiger partial charge is 0.315 e. The van der Waals surface area contributed by atoms with Gasteiger partial charge in [-0.2, -0.15) is 0 Å². The minimum Gasteiger partial charge on any atom is -0.361 e. The van der Waals surface area contributed by atoms with Gasteiger partial charge in [0.15, 0.2) is 0 Å². The SMILES string of the molecule is Cc1noc(C)c1CN1CCC(C2CCCCCN2C(N)=O)CC1. The molecule has 0 aliphatic carbocycles. The topological polar surface area (TPSA) is 75.6 Å². The number of hydrogen-bond acceptors (Lipinski definition) is 4. The van der Waals surface area contributed by atoms with Gasteiger partial charge in [-0.05, 0) is 58.5 Å².